The summed E-state index contributed by atoms with van der Waals surface area (Å²) in [6, 6.07) is 7.25. The number of carbonyl (C=O) groups excluding carboxylic acids is 2. The van der Waals surface area contributed by atoms with Crippen LogP contribution in [-0.2, 0) is 22.5 Å². The number of amides is 1. The quantitative estimate of drug-likeness (QED) is 0.479. The Morgan fingerprint density at radius 3 is 2.63 bits per heavy atom. The first kappa shape index (κ1) is 22.4. The molecule has 158 valence electrons. The molecular formula is C21H22ClN3O3S2. The van der Waals surface area contributed by atoms with Crippen molar-refractivity contribution in [1.29, 1.82) is 0 Å². The second kappa shape index (κ2) is 10.2. The monoisotopic (exact) mass is 463 g/mol. The Morgan fingerprint density at radius 1 is 1.20 bits per heavy atom. The summed E-state index contributed by atoms with van der Waals surface area (Å²) in [6.45, 7) is 2.80. The van der Waals surface area contributed by atoms with Crippen molar-refractivity contribution < 1.29 is 14.3 Å². The van der Waals surface area contributed by atoms with Gasteiger partial charge in [-0.2, -0.15) is 0 Å². The maximum absolute atomic E-state index is 12.6. The minimum absolute atomic E-state index is 0.166. The maximum atomic E-state index is 12.6. The first-order chi connectivity index (χ1) is 14.4. The highest BCUT2D eigenvalue weighted by molar-refractivity contribution is 7.15. The molecule has 0 aliphatic carbocycles. The number of esters is 1. The standard InChI is InChI=1S/C21H22ClN3O3S2/c1-4-18-23-13(11-29-18)9-25(2)10-17(26)24-20-19(21(27)28-3)15(12-30-20)14-7-5-6-8-16(14)22/h5-8,11-12H,4,9-10H2,1-3H3,(H,24,26). The molecule has 0 aliphatic heterocycles. The summed E-state index contributed by atoms with van der Waals surface area (Å²) >= 11 is 9.20. The Labute approximate surface area is 188 Å². The van der Waals surface area contributed by atoms with Crippen LogP contribution in [0.15, 0.2) is 35.0 Å². The number of thiophene rings is 1. The largest absolute Gasteiger partial charge is 0.465 e. The summed E-state index contributed by atoms with van der Waals surface area (Å²) in [5, 5.41) is 8.70. The van der Waals surface area contributed by atoms with Crippen molar-refractivity contribution in [3.63, 3.8) is 0 Å². The van der Waals surface area contributed by atoms with E-state index in [9.17, 15) is 9.59 Å². The Kier molecular flexibility index (Phi) is 7.60. The van der Waals surface area contributed by atoms with Gasteiger partial charge in [0.05, 0.1) is 24.4 Å². The van der Waals surface area contributed by atoms with Crippen LogP contribution in [0.5, 0.6) is 0 Å². The van der Waals surface area contributed by atoms with Gasteiger partial charge < -0.3 is 10.1 Å². The van der Waals surface area contributed by atoms with Crippen LogP contribution in [0.4, 0.5) is 5.00 Å². The molecule has 0 aliphatic rings. The molecule has 30 heavy (non-hydrogen) atoms. The third-order valence-electron chi connectivity index (χ3n) is 4.34. The van der Waals surface area contributed by atoms with Crippen molar-refractivity contribution in [3.8, 4) is 11.1 Å². The van der Waals surface area contributed by atoms with Crippen molar-refractivity contribution in [2.45, 2.75) is 19.9 Å². The Hall–Kier alpha value is -2.26. The number of anilines is 1. The molecule has 0 fully saturated rings. The summed E-state index contributed by atoms with van der Waals surface area (Å²) in [5.74, 6) is -0.745. The number of rotatable bonds is 8. The number of aryl methyl sites for hydroxylation is 1. The SMILES string of the molecule is CCc1nc(CN(C)CC(=O)Nc2scc(-c3ccccc3Cl)c2C(=O)OC)cs1. The number of thiazole rings is 1. The van der Waals surface area contributed by atoms with Gasteiger partial charge in [0.25, 0.3) is 0 Å². The van der Waals surface area contributed by atoms with E-state index in [2.05, 4.69) is 17.2 Å². The van der Waals surface area contributed by atoms with Crippen molar-refractivity contribution in [1.82, 2.24) is 9.88 Å². The Balaban J connectivity index is 1.74. The third kappa shape index (κ3) is 5.26. The summed E-state index contributed by atoms with van der Waals surface area (Å²) in [5.41, 5.74) is 2.59. The van der Waals surface area contributed by atoms with E-state index in [1.165, 1.54) is 18.4 Å². The van der Waals surface area contributed by atoms with Crippen LogP contribution in [0.2, 0.25) is 5.02 Å². The smallest absolute Gasteiger partial charge is 0.341 e. The zero-order chi connectivity index (χ0) is 21.7. The fourth-order valence-corrected chi connectivity index (χ4v) is 4.90. The molecule has 0 saturated carbocycles. The Bertz CT molecular complexity index is 1050. The van der Waals surface area contributed by atoms with Crippen molar-refractivity contribution >= 4 is 51.2 Å². The molecule has 3 rings (SSSR count). The normalized spacial score (nSPS) is 11.0. The van der Waals surface area contributed by atoms with E-state index in [1.54, 1.807) is 22.8 Å². The van der Waals surface area contributed by atoms with E-state index < -0.39 is 5.97 Å². The van der Waals surface area contributed by atoms with Crippen molar-refractivity contribution in [2.24, 2.45) is 0 Å². The van der Waals surface area contributed by atoms with Gasteiger partial charge in [0.1, 0.15) is 10.6 Å². The van der Waals surface area contributed by atoms with Gasteiger partial charge in [-0.05, 0) is 19.5 Å². The van der Waals surface area contributed by atoms with Gasteiger partial charge in [-0.1, -0.05) is 36.7 Å². The van der Waals surface area contributed by atoms with Crippen LogP contribution in [0.3, 0.4) is 0 Å². The van der Waals surface area contributed by atoms with Crippen LogP contribution in [-0.4, -0.2) is 42.5 Å². The van der Waals surface area contributed by atoms with Gasteiger partial charge in [0.15, 0.2) is 0 Å². The topological polar surface area (TPSA) is 71.5 Å². The maximum Gasteiger partial charge on any atom is 0.341 e. The summed E-state index contributed by atoms with van der Waals surface area (Å²) in [4.78, 5) is 31.5. The number of hydrogen-bond donors (Lipinski definition) is 1. The second-order valence-electron chi connectivity index (χ2n) is 6.63. The van der Waals surface area contributed by atoms with Gasteiger partial charge in [0.2, 0.25) is 5.91 Å². The number of nitrogens with zero attached hydrogens (tertiary/aromatic N) is 2. The molecule has 0 bridgehead atoms. The zero-order valence-electron chi connectivity index (χ0n) is 16.9. The van der Waals surface area contributed by atoms with E-state index in [0.717, 1.165) is 17.1 Å². The molecular weight excluding hydrogens is 442 g/mol. The molecule has 0 saturated heterocycles. The zero-order valence-corrected chi connectivity index (χ0v) is 19.3. The van der Waals surface area contributed by atoms with Gasteiger partial charge in [-0.3, -0.25) is 9.69 Å². The molecule has 6 nitrogen and oxygen atoms in total. The predicted molar refractivity (Wildman–Crippen MR) is 123 cm³/mol. The number of carbonyl (C=O) groups is 2. The number of aromatic nitrogens is 1. The second-order valence-corrected chi connectivity index (χ2v) is 8.86. The number of nitrogens with one attached hydrogen (secondary N) is 1. The lowest BCUT2D eigenvalue weighted by molar-refractivity contribution is -0.117. The van der Waals surface area contributed by atoms with Crippen LogP contribution in [0.25, 0.3) is 11.1 Å². The number of methoxy groups -OCH3 is 1. The highest BCUT2D eigenvalue weighted by atomic mass is 35.5. The number of benzene rings is 1. The molecule has 0 radical (unpaired) electrons. The summed E-state index contributed by atoms with van der Waals surface area (Å²) < 4.78 is 4.95. The van der Waals surface area contributed by atoms with E-state index in [0.29, 0.717) is 33.3 Å². The molecule has 1 N–H and O–H groups in total. The van der Waals surface area contributed by atoms with Gasteiger partial charge in [-0.15, -0.1) is 22.7 Å². The number of likely N-dealkylation sites (N-methyl/N-ethyl adjacent to an activating group) is 1. The van der Waals surface area contributed by atoms with Gasteiger partial charge >= 0.3 is 5.97 Å². The average molecular weight is 464 g/mol. The highest BCUT2D eigenvalue weighted by Gasteiger charge is 2.23. The summed E-state index contributed by atoms with van der Waals surface area (Å²) in [7, 11) is 3.17. The third-order valence-corrected chi connectivity index (χ3v) is 6.61. The first-order valence-corrected chi connectivity index (χ1v) is 11.4. The lowest BCUT2D eigenvalue weighted by Crippen LogP contribution is -2.30. The average Bonchev–Trinajstić information content (AvgIpc) is 3.34. The minimum atomic E-state index is -0.524. The molecule has 0 spiro atoms. The number of halogens is 1. The molecule has 2 aromatic heterocycles. The van der Waals surface area contributed by atoms with E-state index in [1.807, 2.05) is 35.5 Å². The minimum Gasteiger partial charge on any atom is -0.465 e. The van der Waals surface area contributed by atoms with Gasteiger partial charge in [-0.25, -0.2) is 9.78 Å². The molecule has 9 heteroatoms. The molecule has 0 unspecified atom stereocenters. The fraction of sp³-hybridized carbons (Fsp3) is 0.286. The van der Waals surface area contributed by atoms with Crippen LogP contribution in [0, 0.1) is 0 Å². The lowest BCUT2D eigenvalue weighted by Gasteiger charge is -2.15. The highest BCUT2D eigenvalue weighted by Crippen LogP contribution is 2.39. The molecule has 3 aromatic rings. The number of hydrogen-bond acceptors (Lipinski definition) is 7. The predicted octanol–water partition coefficient (Wildman–Crippen LogP) is 4.94. The van der Waals surface area contributed by atoms with E-state index in [4.69, 9.17) is 16.3 Å². The molecule has 1 amide bonds. The number of ether oxygens (including phenoxy) is 1. The summed E-state index contributed by atoms with van der Waals surface area (Å²) in [6.07, 6.45) is 0.900. The van der Waals surface area contributed by atoms with E-state index in [-0.39, 0.29) is 12.5 Å². The molecule has 2 heterocycles. The fourth-order valence-electron chi connectivity index (χ4n) is 2.96. The van der Waals surface area contributed by atoms with Gasteiger partial charge in [0, 0.05) is 33.5 Å². The Morgan fingerprint density at radius 2 is 1.97 bits per heavy atom. The molecule has 0 atom stereocenters. The van der Waals surface area contributed by atoms with Crippen LogP contribution < -0.4 is 5.32 Å². The molecule has 1 aromatic carbocycles. The van der Waals surface area contributed by atoms with Crippen molar-refractivity contribution in [2.75, 3.05) is 26.0 Å². The lowest BCUT2D eigenvalue weighted by atomic mass is 10.0. The van der Waals surface area contributed by atoms with Crippen molar-refractivity contribution in [3.05, 3.63) is 56.3 Å². The van der Waals surface area contributed by atoms with Crippen LogP contribution in [0.1, 0.15) is 28.0 Å². The first-order valence-electron chi connectivity index (χ1n) is 9.29. The van der Waals surface area contributed by atoms with Crippen LogP contribution >= 0.6 is 34.3 Å². The van der Waals surface area contributed by atoms with E-state index >= 15 is 0 Å².